The third kappa shape index (κ3) is 2.95. The quantitative estimate of drug-likeness (QED) is 0.850. The highest BCUT2D eigenvalue weighted by molar-refractivity contribution is 5.98. The van der Waals surface area contributed by atoms with Gasteiger partial charge < -0.3 is 10.2 Å². The fraction of sp³-hybridized carbons (Fsp3) is 0.882. The number of nitrogens with zero attached hydrogens (tertiary/aromatic N) is 1. The van der Waals surface area contributed by atoms with Crippen molar-refractivity contribution in [2.75, 3.05) is 13.1 Å². The second-order valence-corrected chi connectivity index (χ2v) is 7.72. The molecule has 0 radical (unpaired) electrons. The van der Waals surface area contributed by atoms with Gasteiger partial charge in [-0.3, -0.25) is 9.59 Å². The van der Waals surface area contributed by atoms with Crippen molar-refractivity contribution in [3.63, 3.8) is 0 Å². The number of hydrogen-bond donors (Lipinski definition) is 1. The highest BCUT2D eigenvalue weighted by Gasteiger charge is 2.48. The van der Waals surface area contributed by atoms with E-state index in [2.05, 4.69) is 12.2 Å². The first-order valence-electron chi connectivity index (χ1n) is 8.64. The van der Waals surface area contributed by atoms with Crippen molar-refractivity contribution in [3.05, 3.63) is 0 Å². The van der Waals surface area contributed by atoms with Gasteiger partial charge in [-0.15, -0.1) is 0 Å². The second kappa shape index (κ2) is 5.62. The van der Waals surface area contributed by atoms with Gasteiger partial charge in [0.15, 0.2) is 0 Å². The van der Waals surface area contributed by atoms with E-state index in [9.17, 15) is 9.59 Å². The molecule has 3 fully saturated rings. The number of carbonyl (C=O) groups is 2. The van der Waals surface area contributed by atoms with Crippen molar-refractivity contribution in [2.24, 2.45) is 5.41 Å². The first kappa shape index (κ1) is 14.9. The van der Waals surface area contributed by atoms with Gasteiger partial charge >= 0.3 is 0 Å². The molecule has 4 nitrogen and oxygen atoms in total. The van der Waals surface area contributed by atoms with Gasteiger partial charge in [-0.25, -0.2) is 0 Å². The molecule has 0 aromatic carbocycles. The first-order valence-corrected chi connectivity index (χ1v) is 8.64. The van der Waals surface area contributed by atoms with Gasteiger partial charge in [-0.2, -0.15) is 0 Å². The molecule has 1 spiro atoms. The van der Waals surface area contributed by atoms with Crippen LogP contribution in [0, 0.1) is 5.41 Å². The predicted molar refractivity (Wildman–Crippen MR) is 81.7 cm³/mol. The fourth-order valence-electron chi connectivity index (χ4n) is 4.55. The van der Waals surface area contributed by atoms with E-state index in [1.54, 1.807) is 0 Å². The van der Waals surface area contributed by atoms with Crippen molar-refractivity contribution in [1.82, 2.24) is 10.2 Å². The Morgan fingerprint density at radius 3 is 2.14 bits per heavy atom. The zero-order chi connectivity index (χ0) is 14.9. The average molecular weight is 292 g/mol. The number of carbonyl (C=O) groups excluding carboxylic acids is 2. The van der Waals surface area contributed by atoms with Crippen LogP contribution in [0.4, 0.5) is 0 Å². The predicted octanol–water partition coefficient (Wildman–Crippen LogP) is 2.62. The largest absolute Gasteiger partial charge is 0.340 e. The summed E-state index contributed by atoms with van der Waals surface area (Å²) in [4.78, 5) is 27.0. The van der Waals surface area contributed by atoms with Crippen molar-refractivity contribution < 1.29 is 9.59 Å². The maximum atomic E-state index is 13.0. The summed E-state index contributed by atoms with van der Waals surface area (Å²) >= 11 is 0. The zero-order valence-electron chi connectivity index (χ0n) is 13.2. The van der Waals surface area contributed by atoms with Crippen molar-refractivity contribution in [1.29, 1.82) is 0 Å². The molecular weight excluding hydrogens is 264 g/mol. The molecule has 118 valence electrons. The molecule has 2 amide bonds. The van der Waals surface area contributed by atoms with Crippen LogP contribution in [0.2, 0.25) is 0 Å². The van der Waals surface area contributed by atoms with E-state index in [0.717, 1.165) is 32.2 Å². The van der Waals surface area contributed by atoms with Crippen molar-refractivity contribution >= 4 is 11.8 Å². The average Bonchev–Trinajstić information content (AvgIpc) is 2.46. The van der Waals surface area contributed by atoms with Gasteiger partial charge in [0.05, 0.1) is 6.54 Å². The minimum atomic E-state index is -0.571. The van der Waals surface area contributed by atoms with E-state index in [0.29, 0.717) is 0 Å². The van der Waals surface area contributed by atoms with Gasteiger partial charge in [-0.05, 0) is 31.1 Å². The summed E-state index contributed by atoms with van der Waals surface area (Å²) in [6.07, 6.45) is 11.1. The maximum Gasteiger partial charge on any atom is 0.248 e. The summed E-state index contributed by atoms with van der Waals surface area (Å²) in [6, 6.07) is 0. The standard InChI is InChI=1S/C17H28N2O2/c1-16(8-4-2-5-9-16)13-19-12-14(20)18-17(15(19)21)10-6-3-7-11-17/h2-13H2,1H3,(H,18,20). The van der Waals surface area contributed by atoms with E-state index in [4.69, 9.17) is 0 Å². The molecule has 0 unspecified atom stereocenters. The van der Waals surface area contributed by atoms with Crippen LogP contribution >= 0.6 is 0 Å². The second-order valence-electron chi connectivity index (χ2n) is 7.72. The lowest BCUT2D eigenvalue weighted by Crippen LogP contribution is -2.68. The highest BCUT2D eigenvalue weighted by Crippen LogP contribution is 2.38. The van der Waals surface area contributed by atoms with E-state index in [1.807, 2.05) is 4.90 Å². The molecule has 0 aromatic rings. The molecule has 0 bridgehead atoms. The lowest BCUT2D eigenvalue weighted by molar-refractivity contribution is -0.153. The van der Waals surface area contributed by atoms with Gasteiger partial charge in [0.25, 0.3) is 0 Å². The molecule has 1 saturated heterocycles. The lowest BCUT2D eigenvalue weighted by atomic mass is 9.74. The molecule has 2 aliphatic carbocycles. The molecular formula is C17H28N2O2. The molecule has 3 rings (SSSR count). The van der Waals surface area contributed by atoms with Gasteiger partial charge in [0, 0.05) is 6.54 Å². The number of nitrogens with one attached hydrogen (secondary N) is 1. The Morgan fingerprint density at radius 1 is 0.952 bits per heavy atom. The molecule has 3 aliphatic rings. The van der Waals surface area contributed by atoms with Crippen LogP contribution in [-0.2, 0) is 9.59 Å². The molecule has 1 aliphatic heterocycles. The Morgan fingerprint density at radius 2 is 1.52 bits per heavy atom. The zero-order valence-corrected chi connectivity index (χ0v) is 13.2. The van der Waals surface area contributed by atoms with E-state index in [-0.39, 0.29) is 23.8 Å². The van der Waals surface area contributed by atoms with Gasteiger partial charge in [0.2, 0.25) is 11.8 Å². The maximum absolute atomic E-state index is 13.0. The number of piperazine rings is 1. The normalized spacial score (nSPS) is 28.5. The van der Waals surface area contributed by atoms with Gasteiger partial charge in [0.1, 0.15) is 5.54 Å². The summed E-state index contributed by atoms with van der Waals surface area (Å²) in [6.45, 7) is 3.32. The smallest absolute Gasteiger partial charge is 0.248 e. The topological polar surface area (TPSA) is 49.4 Å². The number of rotatable bonds is 2. The number of amides is 2. The Bertz CT molecular complexity index is 421. The third-order valence-corrected chi connectivity index (χ3v) is 5.75. The van der Waals surface area contributed by atoms with Gasteiger partial charge in [-0.1, -0.05) is 45.4 Å². The van der Waals surface area contributed by atoms with Crippen LogP contribution in [0.25, 0.3) is 0 Å². The Kier molecular flexibility index (Phi) is 3.98. The first-order chi connectivity index (χ1) is 10.0. The molecule has 1 N–H and O–H groups in total. The van der Waals surface area contributed by atoms with Crippen LogP contribution in [0.1, 0.15) is 71.1 Å². The van der Waals surface area contributed by atoms with Crippen LogP contribution in [0.5, 0.6) is 0 Å². The van der Waals surface area contributed by atoms with Crippen LogP contribution in [-0.4, -0.2) is 35.3 Å². The van der Waals surface area contributed by atoms with E-state index < -0.39 is 5.54 Å². The van der Waals surface area contributed by atoms with E-state index in [1.165, 1.54) is 38.5 Å². The fourth-order valence-corrected chi connectivity index (χ4v) is 4.55. The summed E-state index contributed by atoms with van der Waals surface area (Å²) in [5.74, 6) is 0.226. The molecule has 1 heterocycles. The number of hydrogen-bond acceptors (Lipinski definition) is 2. The summed E-state index contributed by atoms with van der Waals surface area (Å²) in [5.41, 5.74) is -0.361. The Balaban J connectivity index is 1.74. The van der Waals surface area contributed by atoms with Crippen LogP contribution in [0.3, 0.4) is 0 Å². The summed E-state index contributed by atoms with van der Waals surface area (Å²) in [5, 5.41) is 3.03. The summed E-state index contributed by atoms with van der Waals surface area (Å²) < 4.78 is 0. The summed E-state index contributed by atoms with van der Waals surface area (Å²) in [7, 11) is 0. The van der Waals surface area contributed by atoms with Crippen LogP contribution in [0.15, 0.2) is 0 Å². The van der Waals surface area contributed by atoms with Crippen LogP contribution < -0.4 is 5.32 Å². The minimum Gasteiger partial charge on any atom is -0.340 e. The SMILES string of the molecule is CC1(CN2CC(=O)NC3(CCCCC3)C2=O)CCCCC1. The lowest BCUT2D eigenvalue weighted by Gasteiger charge is -2.47. The molecule has 4 heteroatoms. The molecule has 0 atom stereocenters. The molecule has 21 heavy (non-hydrogen) atoms. The Hall–Kier alpha value is -1.06. The van der Waals surface area contributed by atoms with Crippen molar-refractivity contribution in [3.8, 4) is 0 Å². The highest BCUT2D eigenvalue weighted by atomic mass is 16.2. The minimum absolute atomic E-state index is 0.0379. The third-order valence-electron chi connectivity index (χ3n) is 5.75. The van der Waals surface area contributed by atoms with E-state index >= 15 is 0 Å². The molecule has 0 aromatic heterocycles. The molecule has 2 saturated carbocycles. The Labute approximate surface area is 127 Å². The monoisotopic (exact) mass is 292 g/mol. The van der Waals surface area contributed by atoms with Crippen molar-refractivity contribution in [2.45, 2.75) is 76.7 Å².